The van der Waals surface area contributed by atoms with Gasteiger partial charge in [-0.25, -0.2) is 0 Å². The Labute approximate surface area is 319 Å². The van der Waals surface area contributed by atoms with E-state index in [1.807, 2.05) is 71.0 Å². The Bertz CT molecular complexity index is 1890. The molecule has 11 nitrogen and oxygen atoms in total. The molecule has 2 N–H and O–H groups in total. The van der Waals surface area contributed by atoms with Gasteiger partial charge in [0.15, 0.2) is 5.76 Å². The van der Waals surface area contributed by atoms with Crippen LogP contribution in [0.2, 0.25) is 0 Å². The molecule has 0 aliphatic rings. The minimum atomic E-state index is -0.525. The van der Waals surface area contributed by atoms with Crippen molar-refractivity contribution >= 4 is 17.6 Å². The summed E-state index contributed by atoms with van der Waals surface area (Å²) in [4.78, 5) is 43.8. The number of amides is 1. The fourth-order valence-corrected chi connectivity index (χ4v) is 6.94. The number of H-pyrrole nitrogens is 1. The predicted octanol–water partition coefficient (Wildman–Crippen LogP) is 8.44. The molecule has 2 aromatic carbocycles. The molecule has 1 amide bonds. The second kappa shape index (κ2) is 19.9. The van der Waals surface area contributed by atoms with Crippen LogP contribution in [0.3, 0.4) is 0 Å². The molecular weight excluding hydrogens is 684 g/mol. The molecule has 2 heterocycles. The van der Waals surface area contributed by atoms with Gasteiger partial charge in [0.05, 0.1) is 20.3 Å². The molecule has 0 aliphatic heterocycles. The van der Waals surface area contributed by atoms with E-state index in [9.17, 15) is 14.4 Å². The van der Waals surface area contributed by atoms with Gasteiger partial charge in [0.25, 0.3) is 17.3 Å². The van der Waals surface area contributed by atoms with Crippen molar-refractivity contribution in [2.24, 2.45) is 5.92 Å². The van der Waals surface area contributed by atoms with E-state index in [1.54, 1.807) is 6.07 Å². The van der Waals surface area contributed by atoms with Gasteiger partial charge < -0.3 is 33.9 Å². The van der Waals surface area contributed by atoms with Crippen molar-refractivity contribution in [1.82, 2.24) is 15.5 Å². The molecule has 292 valence electrons. The third-order valence-corrected chi connectivity index (χ3v) is 10.0. The fourth-order valence-electron chi connectivity index (χ4n) is 6.94. The van der Waals surface area contributed by atoms with E-state index in [0.29, 0.717) is 42.0 Å². The van der Waals surface area contributed by atoms with Crippen molar-refractivity contribution in [3.8, 4) is 22.8 Å². The number of carbonyl (C=O) groups is 2. The molecule has 0 radical (unpaired) electrons. The van der Waals surface area contributed by atoms with Crippen LogP contribution in [0.1, 0.15) is 111 Å². The van der Waals surface area contributed by atoms with E-state index in [2.05, 4.69) is 47.2 Å². The van der Waals surface area contributed by atoms with Gasteiger partial charge in [0.2, 0.25) is 0 Å². The molecule has 2 aromatic heterocycles. The van der Waals surface area contributed by atoms with Gasteiger partial charge in [0.1, 0.15) is 11.7 Å². The lowest BCUT2D eigenvalue weighted by atomic mass is 9.93. The number of benzene rings is 2. The summed E-state index contributed by atoms with van der Waals surface area (Å²) in [7, 11) is 1.36. The summed E-state index contributed by atoms with van der Waals surface area (Å²) in [5.41, 5.74) is 6.45. The number of methoxy groups -OCH3 is 1. The molecule has 0 aliphatic carbocycles. The summed E-state index contributed by atoms with van der Waals surface area (Å²) < 4.78 is 22.1. The number of esters is 1. The zero-order valence-electron chi connectivity index (χ0n) is 33.5. The van der Waals surface area contributed by atoms with E-state index in [0.717, 1.165) is 78.0 Å². The van der Waals surface area contributed by atoms with Gasteiger partial charge >= 0.3 is 5.97 Å². The number of rotatable bonds is 20. The Hall–Kier alpha value is -5.06. The van der Waals surface area contributed by atoms with E-state index in [-0.39, 0.29) is 29.9 Å². The molecule has 0 spiro atoms. The number of pyridine rings is 1. The molecule has 0 saturated heterocycles. The molecule has 0 saturated carbocycles. The summed E-state index contributed by atoms with van der Waals surface area (Å²) in [6.07, 6.45) is 4.55. The number of carbonyl (C=O) groups excluding carboxylic acids is 2. The SMILES string of the molecule is CCC(CC)N(CC)c1cc(-c2ccc(OCCCCCOc3cc(C(C(=O)OC)C(C)C)on3)cc2)cc(C(=O)NCc2c(C)cc(C)[nH]c2=O)c1C. The highest BCUT2D eigenvalue weighted by atomic mass is 16.5. The fraction of sp³-hybridized carbons (Fsp3) is 0.488. The Morgan fingerprint density at radius 3 is 2.20 bits per heavy atom. The van der Waals surface area contributed by atoms with E-state index in [1.165, 1.54) is 7.11 Å². The lowest BCUT2D eigenvalue weighted by Gasteiger charge is -2.34. The molecule has 4 rings (SSSR count). The van der Waals surface area contributed by atoms with Crippen molar-refractivity contribution in [3.63, 3.8) is 0 Å². The maximum Gasteiger partial charge on any atom is 0.316 e. The van der Waals surface area contributed by atoms with Crippen LogP contribution in [0.15, 0.2) is 57.8 Å². The highest BCUT2D eigenvalue weighted by Gasteiger charge is 2.29. The maximum absolute atomic E-state index is 13.8. The van der Waals surface area contributed by atoms with Crippen LogP contribution in [-0.2, 0) is 16.1 Å². The minimum absolute atomic E-state index is 0.00122. The van der Waals surface area contributed by atoms with Crippen LogP contribution >= 0.6 is 0 Å². The maximum atomic E-state index is 13.8. The molecule has 54 heavy (non-hydrogen) atoms. The van der Waals surface area contributed by atoms with E-state index >= 15 is 0 Å². The standard InChI is InChI=1S/C43H58N4O7/c1-10-33(11-2)47(12-3)37-24-32(23-35(30(37)8)41(48)44-26-36-28(6)22-29(7)45-42(36)49)31-16-18-34(19-17-31)52-20-14-13-15-21-53-39-25-38(54-46-39)40(27(4)5)43(50)51-9/h16-19,22-25,27,33,40H,10-15,20-21,26H2,1-9H3,(H,44,48)(H,45,49). The number of hydrogen-bond acceptors (Lipinski definition) is 9. The molecule has 1 unspecified atom stereocenters. The average molecular weight is 743 g/mol. The first-order chi connectivity index (χ1) is 25.9. The summed E-state index contributed by atoms with van der Waals surface area (Å²) >= 11 is 0. The van der Waals surface area contributed by atoms with E-state index in [4.69, 9.17) is 18.7 Å². The summed E-state index contributed by atoms with van der Waals surface area (Å²) in [5, 5.41) is 6.98. The minimum Gasteiger partial charge on any atom is -0.494 e. The summed E-state index contributed by atoms with van der Waals surface area (Å²) in [6.45, 7) is 18.1. The Morgan fingerprint density at radius 1 is 0.907 bits per heavy atom. The van der Waals surface area contributed by atoms with Crippen LogP contribution in [0.5, 0.6) is 11.6 Å². The highest BCUT2D eigenvalue weighted by molar-refractivity contribution is 5.99. The van der Waals surface area contributed by atoms with Crippen molar-refractivity contribution < 1.29 is 28.3 Å². The normalized spacial score (nSPS) is 11.8. The number of anilines is 1. The molecule has 4 aromatic rings. The number of unbranched alkanes of at least 4 members (excludes halogenated alkanes) is 2. The Morgan fingerprint density at radius 2 is 1.59 bits per heavy atom. The van der Waals surface area contributed by atoms with Gasteiger partial charge in [-0.3, -0.25) is 14.4 Å². The first kappa shape index (κ1) is 41.7. The van der Waals surface area contributed by atoms with E-state index < -0.39 is 5.92 Å². The monoisotopic (exact) mass is 742 g/mol. The predicted molar refractivity (Wildman–Crippen MR) is 213 cm³/mol. The molecule has 1 atom stereocenters. The van der Waals surface area contributed by atoms with Gasteiger partial charge in [-0.1, -0.05) is 39.8 Å². The largest absolute Gasteiger partial charge is 0.494 e. The van der Waals surface area contributed by atoms with Crippen molar-refractivity contribution in [2.45, 2.75) is 106 Å². The van der Waals surface area contributed by atoms with Crippen molar-refractivity contribution in [2.75, 3.05) is 31.8 Å². The van der Waals surface area contributed by atoms with Gasteiger partial charge in [-0.15, -0.1) is 0 Å². The van der Waals surface area contributed by atoms with Crippen LogP contribution in [0.25, 0.3) is 11.1 Å². The first-order valence-electron chi connectivity index (χ1n) is 19.2. The van der Waals surface area contributed by atoms with Gasteiger partial charge in [-0.05, 0) is 123 Å². The summed E-state index contributed by atoms with van der Waals surface area (Å²) in [6, 6.07) is 16.0. The lowest BCUT2D eigenvalue weighted by Crippen LogP contribution is -2.35. The smallest absolute Gasteiger partial charge is 0.316 e. The second-order valence-electron chi connectivity index (χ2n) is 14.1. The molecular formula is C43H58N4O7. The van der Waals surface area contributed by atoms with Crippen LogP contribution in [0.4, 0.5) is 5.69 Å². The lowest BCUT2D eigenvalue weighted by molar-refractivity contribution is -0.144. The number of aromatic nitrogens is 2. The third kappa shape index (κ3) is 10.5. The zero-order chi connectivity index (χ0) is 39.4. The first-order valence-corrected chi connectivity index (χ1v) is 19.2. The van der Waals surface area contributed by atoms with Crippen LogP contribution < -0.4 is 25.2 Å². The highest BCUT2D eigenvalue weighted by Crippen LogP contribution is 2.34. The number of aryl methyl sites for hydroxylation is 2. The van der Waals surface area contributed by atoms with Gasteiger partial charge in [0, 0.05) is 47.7 Å². The molecule has 0 fully saturated rings. The van der Waals surface area contributed by atoms with Crippen LogP contribution in [0, 0.1) is 26.7 Å². The number of ether oxygens (including phenoxy) is 3. The average Bonchev–Trinajstić information content (AvgIpc) is 3.61. The number of hydrogen-bond donors (Lipinski definition) is 2. The third-order valence-electron chi connectivity index (χ3n) is 10.0. The number of aromatic amines is 1. The second-order valence-corrected chi connectivity index (χ2v) is 14.1. The van der Waals surface area contributed by atoms with Crippen LogP contribution in [-0.4, -0.2) is 54.9 Å². The Kier molecular flexibility index (Phi) is 15.3. The van der Waals surface area contributed by atoms with Gasteiger partial charge in [-0.2, -0.15) is 0 Å². The topological polar surface area (TPSA) is 136 Å². The molecule has 0 bridgehead atoms. The quantitative estimate of drug-likeness (QED) is 0.0676. The Balaban J connectivity index is 1.39. The molecule has 11 heteroatoms. The summed E-state index contributed by atoms with van der Waals surface area (Å²) in [5.74, 6) is 0.464. The number of nitrogens with one attached hydrogen (secondary N) is 2. The van der Waals surface area contributed by atoms with Crippen molar-refractivity contribution in [3.05, 3.63) is 92.6 Å². The number of nitrogens with zero attached hydrogens (tertiary/aromatic N) is 2. The zero-order valence-corrected chi connectivity index (χ0v) is 33.5. The van der Waals surface area contributed by atoms with Crippen molar-refractivity contribution in [1.29, 1.82) is 0 Å².